The molecule has 2 aromatic carbocycles. The lowest BCUT2D eigenvalue weighted by Gasteiger charge is -2.29. The van der Waals surface area contributed by atoms with Gasteiger partial charge in [0.2, 0.25) is 0 Å². The fraction of sp³-hybridized carbons (Fsp3) is 0.222. The molecule has 1 aliphatic heterocycles. The lowest BCUT2D eigenvalue weighted by Crippen LogP contribution is -2.38. The lowest BCUT2D eigenvalue weighted by atomic mass is 10.0. The first-order valence-electron chi connectivity index (χ1n) is 7.30. The Bertz CT molecular complexity index is 734. The first-order valence-corrected chi connectivity index (χ1v) is 7.30. The molecule has 0 aliphatic carbocycles. The number of hydrogen-bond acceptors (Lipinski definition) is 3. The summed E-state index contributed by atoms with van der Waals surface area (Å²) in [7, 11) is 0. The average molecular weight is 292 g/mol. The molecule has 1 aliphatic rings. The zero-order valence-electron chi connectivity index (χ0n) is 12.2. The molecular formula is C18H16N2O2. The first kappa shape index (κ1) is 14.2. The van der Waals surface area contributed by atoms with Gasteiger partial charge in [0.25, 0.3) is 5.91 Å². The fourth-order valence-corrected chi connectivity index (χ4v) is 2.69. The topological polar surface area (TPSA) is 53.3 Å². The summed E-state index contributed by atoms with van der Waals surface area (Å²) in [5.74, 6) is 0.364. The Morgan fingerprint density at radius 3 is 2.82 bits per heavy atom. The van der Waals surface area contributed by atoms with Gasteiger partial charge in [0.1, 0.15) is 11.8 Å². The summed E-state index contributed by atoms with van der Waals surface area (Å²) in [6, 6.07) is 17.0. The molecule has 110 valence electrons. The number of nitriles is 1. The Hall–Kier alpha value is -2.80. The Morgan fingerprint density at radius 2 is 1.95 bits per heavy atom. The minimum Gasteiger partial charge on any atom is -0.482 e. The summed E-state index contributed by atoms with van der Waals surface area (Å²) < 4.78 is 5.54. The van der Waals surface area contributed by atoms with Gasteiger partial charge >= 0.3 is 0 Å². The van der Waals surface area contributed by atoms with Crippen LogP contribution in [0.1, 0.15) is 17.5 Å². The molecule has 1 heterocycles. The third kappa shape index (κ3) is 2.79. The third-order valence-electron chi connectivity index (χ3n) is 3.77. The van der Waals surface area contributed by atoms with Crippen LogP contribution in [0.15, 0.2) is 48.5 Å². The van der Waals surface area contributed by atoms with E-state index >= 15 is 0 Å². The summed E-state index contributed by atoms with van der Waals surface area (Å²) in [6.07, 6.45) is 1.95. The van der Waals surface area contributed by atoms with E-state index in [1.165, 1.54) is 5.56 Å². The molecule has 0 aromatic heterocycles. The number of carbonyl (C=O) groups excluding carboxylic acids is 1. The normalized spacial score (nSPS) is 13.1. The zero-order valence-corrected chi connectivity index (χ0v) is 12.2. The molecule has 0 saturated carbocycles. The quantitative estimate of drug-likeness (QED) is 0.874. The number of rotatable bonds is 3. The smallest absolute Gasteiger partial charge is 0.264 e. The predicted molar refractivity (Wildman–Crippen MR) is 83.8 cm³/mol. The number of carbonyl (C=O) groups is 1. The molecule has 3 rings (SSSR count). The number of amides is 1. The molecule has 0 spiro atoms. The van der Waals surface area contributed by atoms with E-state index in [-0.39, 0.29) is 12.5 Å². The minimum absolute atomic E-state index is 0.0625. The number of ether oxygens (including phenoxy) is 1. The van der Waals surface area contributed by atoms with Crippen molar-refractivity contribution in [2.24, 2.45) is 0 Å². The molecule has 1 amide bonds. The third-order valence-corrected chi connectivity index (χ3v) is 3.77. The fourth-order valence-electron chi connectivity index (χ4n) is 2.69. The van der Waals surface area contributed by atoms with Gasteiger partial charge in [-0.15, -0.1) is 0 Å². The molecule has 2 aromatic rings. The standard InChI is InChI=1S/C18H16N2O2/c19-12-15-7-2-4-10-17(15)22-13-18(21)20-11-5-8-14-6-1-3-9-16(14)20/h1-4,6-7,9-10H,5,8,11,13H2. The Kier molecular flexibility index (Phi) is 4.06. The Morgan fingerprint density at radius 1 is 1.18 bits per heavy atom. The van der Waals surface area contributed by atoms with Crippen molar-refractivity contribution in [2.75, 3.05) is 18.1 Å². The second-order valence-corrected chi connectivity index (χ2v) is 5.17. The van der Waals surface area contributed by atoms with Gasteiger partial charge < -0.3 is 9.64 Å². The number of nitrogens with zero attached hydrogens (tertiary/aromatic N) is 2. The highest BCUT2D eigenvalue weighted by Crippen LogP contribution is 2.27. The molecule has 0 fully saturated rings. The molecule has 0 bridgehead atoms. The minimum atomic E-state index is -0.0834. The molecule has 0 radical (unpaired) electrons. The van der Waals surface area contributed by atoms with Crippen LogP contribution in [-0.4, -0.2) is 19.1 Å². The largest absolute Gasteiger partial charge is 0.482 e. The maximum absolute atomic E-state index is 12.5. The Balaban J connectivity index is 1.72. The summed E-state index contributed by atoms with van der Waals surface area (Å²) >= 11 is 0. The van der Waals surface area contributed by atoms with Crippen molar-refractivity contribution in [1.82, 2.24) is 0 Å². The Labute approximate surface area is 129 Å². The average Bonchev–Trinajstić information content (AvgIpc) is 2.59. The van der Waals surface area contributed by atoms with Gasteiger partial charge in [-0.05, 0) is 36.6 Å². The van der Waals surface area contributed by atoms with Gasteiger partial charge in [-0.1, -0.05) is 30.3 Å². The molecule has 22 heavy (non-hydrogen) atoms. The van der Waals surface area contributed by atoms with Crippen LogP contribution >= 0.6 is 0 Å². The van der Waals surface area contributed by atoms with Gasteiger partial charge in [-0.2, -0.15) is 5.26 Å². The number of aryl methyl sites for hydroxylation is 1. The summed E-state index contributed by atoms with van der Waals surface area (Å²) in [4.78, 5) is 14.2. The van der Waals surface area contributed by atoms with Crippen LogP contribution in [0.2, 0.25) is 0 Å². The molecular weight excluding hydrogens is 276 g/mol. The van der Waals surface area contributed by atoms with E-state index in [2.05, 4.69) is 12.1 Å². The van der Waals surface area contributed by atoms with Crippen LogP contribution in [0.4, 0.5) is 5.69 Å². The van der Waals surface area contributed by atoms with E-state index in [0.717, 1.165) is 18.5 Å². The van der Waals surface area contributed by atoms with Gasteiger partial charge in [-0.25, -0.2) is 0 Å². The molecule has 0 unspecified atom stereocenters. The van der Waals surface area contributed by atoms with Crippen LogP contribution in [0.5, 0.6) is 5.75 Å². The van der Waals surface area contributed by atoms with E-state index in [9.17, 15) is 4.79 Å². The highest BCUT2D eigenvalue weighted by Gasteiger charge is 2.22. The number of benzene rings is 2. The van der Waals surface area contributed by atoms with Crippen molar-refractivity contribution in [2.45, 2.75) is 12.8 Å². The number of anilines is 1. The van der Waals surface area contributed by atoms with Gasteiger partial charge in [0, 0.05) is 12.2 Å². The van der Waals surface area contributed by atoms with Crippen molar-refractivity contribution in [3.8, 4) is 11.8 Å². The molecule has 0 saturated heterocycles. The summed E-state index contributed by atoms with van der Waals surface area (Å²) in [5, 5.41) is 9.04. The van der Waals surface area contributed by atoms with Crippen molar-refractivity contribution < 1.29 is 9.53 Å². The van der Waals surface area contributed by atoms with Crippen molar-refractivity contribution in [3.05, 3.63) is 59.7 Å². The highest BCUT2D eigenvalue weighted by atomic mass is 16.5. The maximum Gasteiger partial charge on any atom is 0.264 e. The van der Waals surface area contributed by atoms with E-state index in [1.54, 1.807) is 29.2 Å². The highest BCUT2D eigenvalue weighted by molar-refractivity contribution is 5.95. The van der Waals surface area contributed by atoms with E-state index in [4.69, 9.17) is 10.00 Å². The molecule has 4 heteroatoms. The molecule has 0 N–H and O–H groups in total. The van der Waals surface area contributed by atoms with Crippen molar-refractivity contribution in [1.29, 1.82) is 5.26 Å². The summed E-state index contributed by atoms with van der Waals surface area (Å²) in [5.41, 5.74) is 2.60. The van der Waals surface area contributed by atoms with Crippen molar-refractivity contribution >= 4 is 11.6 Å². The van der Waals surface area contributed by atoms with E-state index in [0.29, 0.717) is 17.9 Å². The second kappa shape index (κ2) is 6.31. The number of para-hydroxylation sites is 2. The predicted octanol–water partition coefficient (Wildman–Crippen LogP) is 2.92. The van der Waals surface area contributed by atoms with Gasteiger partial charge in [0.15, 0.2) is 6.61 Å². The van der Waals surface area contributed by atoms with Crippen LogP contribution in [0.3, 0.4) is 0 Å². The SMILES string of the molecule is N#Cc1ccccc1OCC(=O)N1CCCc2ccccc21. The van der Waals surface area contributed by atoms with Crippen molar-refractivity contribution in [3.63, 3.8) is 0 Å². The van der Waals surface area contributed by atoms with Gasteiger partial charge in [0.05, 0.1) is 5.56 Å². The second-order valence-electron chi connectivity index (χ2n) is 5.17. The monoisotopic (exact) mass is 292 g/mol. The van der Waals surface area contributed by atoms with E-state index in [1.807, 2.05) is 18.2 Å². The van der Waals surface area contributed by atoms with Crippen LogP contribution in [0, 0.1) is 11.3 Å². The van der Waals surface area contributed by atoms with Crippen LogP contribution in [0.25, 0.3) is 0 Å². The van der Waals surface area contributed by atoms with Crippen LogP contribution < -0.4 is 9.64 Å². The van der Waals surface area contributed by atoms with Gasteiger partial charge in [-0.3, -0.25) is 4.79 Å². The van der Waals surface area contributed by atoms with E-state index < -0.39 is 0 Å². The maximum atomic E-state index is 12.5. The number of hydrogen-bond donors (Lipinski definition) is 0. The molecule has 0 atom stereocenters. The number of fused-ring (bicyclic) bond motifs is 1. The summed E-state index contributed by atoms with van der Waals surface area (Å²) in [6.45, 7) is 0.645. The first-order chi connectivity index (χ1) is 10.8. The zero-order chi connectivity index (χ0) is 15.4. The van der Waals surface area contributed by atoms with Crippen LogP contribution in [-0.2, 0) is 11.2 Å². The molecule has 4 nitrogen and oxygen atoms in total. The lowest BCUT2D eigenvalue weighted by molar-refractivity contribution is -0.120.